The lowest BCUT2D eigenvalue weighted by Crippen LogP contribution is -2.07. The van der Waals surface area contributed by atoms with E-state index < -0.39 is 17.3 Å². The van der Waals surface area contributed by atoms with E-state index in [0.717, 1.165) is 34.3 Å². The van der Waals surface area contributed by atoms with E-state index in [9.17, 15) is 13.2 Å². The van der Waals surface area contributed by atoms with Gasteiger partial charge < -0.3 is 9.30 Å². The third kappa shape index (κ3) is 3.65. The Morgan fingerprint density at radius 1 is 0.933 bits per heavy atom. The van der Waals surface area contributed by atoms with E-state index in [2.05, 4.69) is 6.58 Å². The van der Waals surface area contributed by atoms with Crippen LogP contribution >= 0.6 is 0 Å². The molecule has 0 aliphatic rings. The van der Waals surface area contributed by atoms with Gasteiger partial charge in [-0.1, -0.05) is 18.7 Å². The van der Waals surface area contributed by atoms with E-state index in [-0.39, 0.29) is 5.75 Å². The Morgan fingerprint density at radius 3 is 2.33 bits per heavy atom. The average Bonchev–Trinajstić information content (AvgIpc) is 3.16. The molecule has 0 amide bonds. The van der Waals surface area contributed by atoms with Gasteiger partial charge in [-0.15, -0.1) is 0 Å². The fourth-order valence-electron chi connectivity index (χ4n) is 3.25. The number of aromatic nitrogens is 1. The van der Waals surface area contributed by atoms with Crippen LogP contribution in [0.3, 0.4) is 0 Å². The van der Waals surface area contributed by atoms with Crippen molar-refractivity contribution in [1.82, 2.24) is 4.57 Å². The van der Waals surface area contributed by atoms with Crippen LogP contribution in [0.5, 0.6) is 11.5 Å². The maximum Gasteiger partial charge on any atom is 0.417 e. The summed E-state index contributed by atoms with van der Waals surface area (Å²) < 4.78 is 46.4. The van der Waals surface area contributed by atoms with Crippen LogP contribution in [0.4, 0.5) is 13.2 Å². The Labute approximate surface area is 170 Å². The summed E-state index contributed by atoms with van der Waals surface area (Å²) >= 11 is 0. The molecule has 3 aromatic carbocycles. The van der Waals surface area contributed by atoms with Crippen LogP contribution in [-0.2, 0) is 6.18 Å². The molecule has 0 unspecified atom stereocenters. The van der Waals surface area contributed by atoms with E-state index in [1.165, 1.54) is 6.07 Å². The lowest BCUT2D eigenvalue weighted by Gasteiger charge is -2.12. The topological polar surface area (TPSA) is 38.0 Å². The first-order valence-corrected chi connectivity index (χ1v) is 9.02. The predicted molar refractivity (Wildman–Crippen MR) is 110 cm³/mol. The number of fused-ring (bicyclic) bond motifs is 1. The van der Waals surface area contributed by atoms with E-state index in [1.54, 1.807) is 24.3 Å². The molecule has 3 nitrogen and oxygen atoms in total. The molecule has 0 aliphatic heterocycles. The van der Waals surface area contributed by atoms with Crippen molar-refractivity contribution in [2.24, 2.45) is 0 Å². The number of ether oxygens (including phenoxy) is 1. The van der Waals surface area contributed by atoms with Crippen LogP contribution in [0.2, 0.25) is 0 Å². The number of nitrogens with zero attached hydrogens (tertiary/aromatic N) is 2. The summed E-state index contributed by atoms with van der Waals surface area (Å²) in [6, 6.07) is 19.9. The van der Waals surface area contributed by atoms with Gasteiger partial charge >= 0.3 is 6.18 Å². The van der Waals surface area contributed by atoms with Crippen LogP contribution < -0.4 is 4.74 Å². The molecular formula is C24H15F3N2O. The van der Waals surface area contributed by atoms with Gasteiger partial charge in [0.1, 0.15) is 11.5 Å². The average molecular weight is 404 g/mol. The molecule has 0 saturated heterocycles. The Morgan fingerprint density at radius 2 is 1.67 bits per heavy atom. The van der Waals surface area contributed by atoms with Gasteiger partial charge in [0.05, 0.1) is 22.7 Å². The van der Waals surface area contributed by atoms with Crippen LogP contribution in [-0.4, -0.2) is 4.57 Å². The van der Waals surface area contributed by atoms with Crippen LogP contribution in [0.15, 0.2) is 79.5 Å². The number of nitriles is 1. The van der Waals surface area contributed by atoms with Crippen molar-refractivity contribution in [3.05, 3.63) is 96.2 Å². The first-order chi connectivity index (χ1) is 14.4. The zero-order valence-electron chi connectivity index (χ0n) is 15.6. The molecule has 0 radical (unpaired) electrons. The largest absolute Gasteiger partial charge is 0.457 e. The van der Waals surface area contributed by atoms with Crippen molar-refractivity contribution in [2.45, 2.75) is 6.18 Å². The van der Waals surface area contributed by atoms with Gasteiger partial charge in [0.25, 0.3) is 0 Å². The Kier molecular flexibility index (Phi) is 4.80. The number of hydrogen-bond acceptors (Lipinski definition) is 2. The van der Waals surface area contributed by atoms with Crippen molar-refractivity contribution in [3.8, 4) is 23.3 Å². The molecule has 4 aromatic rings. The highest BCUT2D eigenvalue weighted by atomic mass is 19.4. The summed E-state index contributed by atoms with van der Waals surface area (Å²) in [4.78, 5) is 0. The van der Waals surface area contributed by atoms with E-state index >= 15 is 0 Å². The second-order valence-electron chi connectivity index (χ2n) is 6.62. The number of rotatable bonds is 4. The highest BCUT2D eigenvalue weighted by Crippen LogP contribution is 2.34. The third-order valence-corrected chi connectivity index (χ3v) is 4.72. The number of alkyl halides is 3. The zero-order valence-corrected chi connectivity index (χ0v) is 15.6. The molecular weight excluding hydrogens is 389 g/mol. The minimum atomic E-state index is -4.59. The number of hydrogen-bond donors (Lipinski definition) is 0. The molecule has 0 N–H and O–H groups in total. The minimum absolute atomic E-state index is 0.163. The summed E-state index contributed by atoms with van der Waals surface area (Å²) in [5, 5.41) is 10.1. The molecule has 30 heavy (non-hydrogen) atoms. The van der Waals surface area contributed by atoms with Crippen molar-refractivity contribution < 1.29 is 17.9 Å². The fourth-order valence-corrected chi connectivity index (χ4v) is 3.25. The Bertz CT molecular complexity index is 1280. The molecule has 0 fully saturated rings. The fraction of sp³-hybridized carbons (Fsp3) is 0.0417. The van der Waals surface area contributed by atoms with E-state index in [0.29, 0.717) is 5.75 Å². The van der Waals surface area contributed by atoms with Crippen molar-refractivity contribution in [3.63, 3.8) is 0 Å². The lowest BCUT2D eigenvalue weighted by molar-refractivity contribution is -0.137. The van der Waals surface area contributed by atoms with Gasteiger partial charge in [0.2, 0.25) is 0 Å². The van der Waals surface area contributed by atoms with E-state index in [1.807, 2.05) is 47.2 Å². The minimum Gasteiger partial charge on any atom is -0.457 e. The standard InChI is InChI=1S/C24H15F3N2O/c1-2-16-3-10-23-17(13-16)11-12-29(23)19-4-6-20(7-5-19)30-21-8-9-22(24(25,26)27)18(14-21)15-28/h2-14H,1H2. The lowest BCUT2D eigenvalue weighted by atomic mass is 10.1. The molecule has 1 aromatic heterocycles. The van der Waals surface area contributed by atoms with Gasteiger partial charge in [-0.25, -0.2) is 0 Å². The molecule has 148 valence electrons. The second-order valence-corrected chi connectivity index (χ2v) is 6.62. The monoisotopic (exact) mass is 404 g/mol. The van der Waals surface area contributed by atoms with Crippen molar-refractivity contribution in [1.29, 1.82) is 5.26 Å². The van der Waals surface area contributed by atoms with Crippen molar-refractivity contribution >= 4 is 17.0 Å². The zero-order chi connectivity index (χ0) is 21.3. The number of halogens is 3. The van der Waals surface area contributed by atoms with Gasteiger partial charge in [-0.05, 0) is 66.2 Å². The van der Waals surface area contributed by atoms with Gasteiger partial charge in [0.15, 0.2) is 0 Å². The summed E-state index contributed by atoms with van der Waals surface area (Å²) in [5.41, 5.74) is 1.53. The predicted octanol–water partition coefficient (Wildman–Crippen LogP) is 6.96. The molecule has 0 bridgehead atoms. The highest BCUT2D eigenvalue weighted by Gasteiger charge is 2.33. The summed E-state index contributed by atoms with van der Waals surface area (Å²) in [5.74, 6) is 0.614. The first kappa shape index (κ1) is 19.3. The molecule has 0 saturated carbocycles. The normalized spacial score (nSPS) is 11.3. The van der Waals surface area contributed by atoms with Crippen LogP contribution in [0, 0.1) is 11.3 Å². The molecule has 6 heteroatoms. The van der Waals surface area contributed by atoms with Gasteiger partial charge in [-0.3, -0.25) is 0 Å². The first-order valence-electron chi connectivity index (χ1n) is 9.02. The third-order valence-electron chi connectivity index (χ3n) is 4.72. The van der Waals surface area contributed by atoms with Crippen LogP contribution in [0.25, 0.3) is 22.7 Å². The molecule has 1 heterocycles. The summed E-state index contributed by atoms with van der Waals surface area (Å²) in [7, 11) is 0. The molecule has 0 spiro atoms. The van der Waals surface area contributed by atoms with Gasteiger partial charge in [-0.2, -0.15) is 18.4 Å². The van der Waals surface area contributed by atoms with Crippen molar-refractivity contribution in [2.75, 3.05) is 0 Å². The second kappa shape index (κ2) is 7.45. The highest BCUT2D eigenvalue weighted by molar-refractivity contribution is 5.84. The summed E-state index contributed by atoms with van der Waals surface area (Å²) in [6.07, 6.45) is -0.832. The Balaban J connectivity index is 1.59. The maximum atomic E-state index is 12.9. The smallest absolute Gasteiger partial charge is 0.417 e. The molecule has 0 aliphatic carbocycles. The number of benzene rings is 3. The van der Waals surface area contributed by atoms with E-state index in [4.69, 9.17) is 10.00 Å². The SMILES string of the molecule is C=Cc1ccc2c(ccn2-c2ccc(Oc3ccc(C(F)(F)F)c(C#N)c3)cc2)c1. The van der Waals surface area contributed by atoms with Gasteiger partial charge in [0, 0.05) is 17.3 Å². The molecule has 4 rings (SSSR count). The quantitative estimate of drug-likeness (QED) is 0.369. The Hall–Kier alpha value is -3.98. The summed E-state index contributed by atoms with van der Waals surface area (Å²) in [6.45, 7) is 3.78. The maximum absolute atomic E-state index is 12.9. The van der Waals surface area contributed by atoms with Crippen LogP contribution in [0.1, 0.15) is 16.7 Å². The molecule has 0 atom stereocenters.